The number of nitrogens with zero attached hydrogens (tertiary/aromatic N) is 3. The van der Waals surface area contributed by atoms with E-state index in [9.17, 15) is 33.6 Å². The molecule has 0 heterocycles. The SMILES string of the molecule is CSS(C)(C)O[N+](=O)c1cc([N+](=O)[O-])c(S(=O)(=O)O)c([N+](=O)[O-])c1. The van der Waals surface area contributed by atoms with Crippen molar-refractivity contribution in [3.8, 4) is 0 Å². The van der Waals surface area contributed by atoms with Crippen LogP contribution in [0.5, 0.6) is 0 Å². The van der Waals surface area contributed by atoms with E-state index < -0.39 is 51.3 Å². The van der Waals surface area contributed by atoms with Gasteiger partial charge < -0.3 is 0 Å². The zero-order valence-electron chi connectivity index (χ0n) is 12.4. The van der Waals surface area contributed by atoms with E-state index in [4.69, 9.17) is 8.84 Å². The third-order valence-corrected chi connectivity index (χ3v) is 7.37. The van der Waals surface area contributed by atoms with Gasteiger partial charge in [0.25, 0.3) is 4.92 Å². The van der Waals surface area contributed by atoms with E-state index in [1.165, 1.54) is 10.8 Å². The summed E-state index contributed by atoms with van der Waals surface area (Å²) >= 11 is 0. The molecule has 134 valence electrons. The van der Waals surface area contributed by atoms with Gasteiger partial charge in [0.1, 0.15) is 12.1 Å². The summed E-state index contributed by atoms with van der Waals surface area (Å²) in [6.07, 6.45) is 4.81. The second kappa shape index (κ2) is 6.88. The maximum absolute atomic E-state index is 12.0. The van der Waals surface area contributed by atoms with Crippen LogP contribution in [0.25, 0.3) is 0 Å². The molecule has 1 aromatic carbocycles. The number of rotatable bonds is 7. The van der Waals surface area contributed by atoms with Crippen molar-refractivity contribution in [2.75, 3.05) is 18.8 Å². The molecule has 1 rings (SSSR count). The van der Waals surface area contributed by atoms with Crippen LogP contribution in [0.1, 0.15) is 0 Å². The first-order valence-electron chi connectivity index (χ1n) is 5.70. The molecule has 1 N–H and O–H groups in total. The van der Waals surface area contributed by atoms with Gasteiger partial charge >= 0.3 is 27.2 Å². The van der Waals surface area contributed by atoms with Gasteiger partial charge in [-0.25, -0.2) is 0 Å². The van der Waals surface area contributed by atoms with E-state index in [2.05, 4.69) is 0 Å². The lowest BCUT2D eigenvalue weighted by atomic mass is 10.2. The maximum Gasteiger partial charge on any atom is 0.331 e. The molecule has 0 unspecified atom stereocenters. The molecule has 0 saturated heterocycles. The van der Waals surface area contributed by atoms with Crippen molar-refractivity contribution in [2.45, 2.75) is 4.90 Å². The van der Waals surface area contributed by atoms with Crippen molar-refractivity contribution in [3.05, 3.63) is 37.3 Å². The number of benzene rings is 1. The van der Waals surface area contributed by atoms with Crippen LogP contribution < -0.4 is 0 Å². The summed E-state index contributed by atoms with van der Waals surface area (Å²) in [7, 11) is -6.03. The molecular formula is C9H12N3O9S3+. The fraction of sp³-hybridized carbons (Fsp3) is 0.333. The van der Waals surface area contributed by atoms with Crippen LogP contribution >= 0.6 is 20.1 Å². The molecule has 0 aliphatic heterocycles. The van der Waals surface area contributed by atoms with Crippen molar-refractivity contribution >= 4 is 47.3 Å². The minimum atomic E-state index is -5.28. The van der Waals surface area contributed by atoms with Crippen LogP contribution in [0, 0.1) is 25.1 Å². The Hall–Kier alpha value is -1.97. The summed E-state index contributed by atoms with van der Waals surface area (Å²) in [6, 6.07) is 0.942. The van der Waals surface area contributed by atoms with Gasteiger partial charge in [-0.2, -0.15) is 12.7 Å². The lowest BCUT2D eigenvalue weighted by molar-refractivity contribution is -0.695. The second-order valence-electron chi connectivity index (χ2n) is 4.44. The van der Waals surface area contributed by atoms with Gasteiger partial charge in [0.15, 0.2) is 0 Å². The summed E-state index contributed by atoms with van der Waals surface area (Å²) in [5, 5.41) is 22.0. The molecule has 24 heavy (non-hydrogen) atoms. The van der Waals surface area contributed by atoms with E-state index in [1.807, 2.05) is 0 Å². The molecule has 0 saturated carbocycles. The lowest BCUT2D eigenvalue weighted by Crippen LogP contribution is -2.10. The molecule has 0 atom stereocenters. The van der Waals surface area contributed by atoms with Crippen LogP contribution in [0.3, 0.4) is 0 Å². The fourth-order valence-electron chi connectivity index (χ4n) is 1.46. The average Bonchev–Trinajstić information content (AvgIpc) is 2.44. The third kappa shape index (κ3) is 4.53. The smallest absolute Gasteiger partial charge is 0.281 e. The Balaban J connectivity index is 3.66. The molecule has 0 aromatic heterocycles. The van der Waals surface area contributed by atoms with Crippen LogP contribution in [0.4, 0.5) is 17.1 Å². The highest BCUT2D eigenvalue weighted by atomic mass is 33.2. The van der Waals surface area contributed by atoms with Gasteiger partial charge in [-0.05, 0) is 6.26 Å². The van der Waals surface area contributed by atoms with Crippen LogP contribution in [-0.2, 0) is 14.4 Å². The minimum absolute atomic E-state index is 0.167. The van der Waals surface area contributed by atoms with Crippen molar-refractivity contribution in [1.82, 2.24) is 0 Å². The highest BCUT2D eigenvalue weighted by molar-refractivity contribution is 8.91. The zero-order valence-corrected chi connectivity index (χ0v) is 14.9. The number of nitro benzene ring substituents is 2. The van der Waals surface area contributed by atoms with Gasteiger partial charge in [-0.3, -0.25) is 24.8 Å². The quantitative estimate of drug-likeness (QED) is 0.309. The summed E-state index contributed by atoms with van der Waals surface area (Å²) in [5.74, 6) is 0. The van der Waals surface area contributed by atoms with E-state index in [0.29, 0.717) is 12.1 Å². The van der Waals surface area contributed by atoms with Gasteiger partial charge in [-0.1, -0.05) is 10.8 Å². The molecule has 0 spiro atoms. The Bertz CT molecular complexity index is 786. The Kier molecular flexibility index (Phi) is 5.75. The summed E-state index contributed by atoms with van der Waals surface area (Å²) < 4.78 is 36.6. The highest BCUT2D eigenvalue weighted by Gasteiger charge is 2.40. The Morgan fingerprint density at radius 1 is 1.08 bits per heavy atom. The van der Waals surface area contributed by atoms with E-state index in [0.717, 1.165) is 0 Å². The van der Waals surface area contributed by atoms with Crippen LogP contribution in [-0.4, -0.2) is 46.5 Å². The Labute approximate surface area is 140 Å². The molecule has 0 radical (unpaired) electrons. The molecule has 0 fully saturated rings. The normalized spacial score (nSPS) is 12.5. The maximum atomic E-state index is 12.0. The van der Waals surface area contributed by atoms with Crippen molar-refractivity contribution in [1.29, 1.82) is 0 Å². The number of hydrogen-bond donors (Lipinski definition) is 1. The lowest BCUT2D eigenvalue weighted by Gasteiger charge is -2.19. The molecule has 0 aliphatic carbocycles. The van der Waals surface area contributed by atoms with Crippen molar-refractivity contribution in [2.24, 2.45) is 0 Å². The number of hydrogen-bond acceptors (Lipinski definition) is 9. The molecular weight excluding hydrogens is 390 g/mol. The summed E-state index contributed by atoms with van der Waals surface area (Å²) in [4.78, 5) is 29.8. The van der Waals surface area contributed by atoms with Crippen molar-refractivity contribution in [3.63, 3.8) is 0 Å². The Morgan fingerprint density at radius 3 is 1.79 bits per heavy atom. The summed E-state index contributed by atoms with van der Waals surface area (Å²) in [5.41, 5.74) is -3.29. The van der Waals surface area contributed by atoms with Gasteiger partial charge in [-0.15, -0.1) is 0 Å². The minimum Gasteiger partial charge on any atom is -0.281 e. The molecule has 0 amide bonds. The largest absolute Gasteiger partial charge is 0.331 e. The molecule has 0 aliphatic rings. The van der Waals surface area contributed by atoms with Gasteiger partial charge in [0.05, 0.1) is 14.8 Å². The van der Waals surface area contributed by atoms with Gasteiger partial charge in [0.2, 0.25) is 4.90 Å². The predicted octanol–water partition coefficient (Wildman–Crippen LogP) is 2.35. The first-order valence-corrected chi connectivity index (χ1v) is 11.3. The number of nitro groups is 2. The molecule has 1 aromatic rings. The van der Waals surface area contributed by atoms with Crippen LogP contribution in [0.15, 0.2) is 17.0 Å². The molecule has 0 bridgehead atoms. The third-order valence-electron chi connectivity index (χ3n) is 2.55. The fourth-order valence-corrected chi connectivity index (χ4v) is 3.08. The topological polar surface area (TPSA) is 170 Å². The Morgan fingerprint density at radius 2 is 1.50 bits per heavy atom. The predicted molar refractivity (Wildman–Crippen MR) is 86.9 cm³/mol. The zero-order chi connectivity index (χ0) is 18.9. The summed E-state index contributed by atoms with van der Waals surface area (Å²) in [6.45, 7) is 0. The average molecular weight is 402 g/mol. The second-order valence-corrected chi connectivity index (χ2v) is 12.0. The standard InChI is InChI=1S/C9H11N3O9S3/c1-22-23(2,3)21-12(17)6-4-7(10(13)14)9(24(18,19)20)8(5-6)11(15)16/h4-5H,1-3H3/p+1. The van der Waals surface area contributed by atoms with Gasteiger partial charge in [0, 0.05) is 21.9 Å². The molecule has 12 nitrogen and oxygen atoms in total. The van der Waals surface area contributed by atoms with E-state index in [1.54, 1.807) is 18.8 Å². The first-order chi connectivity index (χ1) is 10.8. The highest BCUT2D eigenvalue weighted by Crippen LogP contribution is 2.53. The van der Waals surface area contributed by atoms with E-state index >= 15 is 0 Å². The monoisotopic (exact) mass is 402 g/mol. The van der Waals surface area contributed by atoms with Crippen molar-refractivity contribution < 1.29 is 32.0 Å². The first kappa shape index (κ1) is 20.1. The molecule has 15 heteroatoms. The van der Waals surface area contributed by atoms with Crippen LogP contribution in [0.2, 0.25) is 0 Å². The van der Waals surface area contributed by atoms with E-state index in [-0.39, 0.29) is 4.92 Å².